The minimum atomic E-state index is -3.97. The topological polar surface area (TPSA) is 26.4 Å². The molecule has 3 aliphatic rings. The molecule has 0 spiro atoms. The molecule has 5 nitrogen and oxygen atoms in total. The van der Waals surface area contributed by atoms with Gasteiger partial charge in [-0.2, -0.15) is 0 Å². The molecule has 3 aromatic rings. The lowest BCUT2D eigenvalue weighted by Crippen LogP contribution is -2.50. The number of anilines is 3. The van der Waals surface area contributed by atoms with Gasteiger partial charge in [0.1, 0.15) is 6.21 Å². The summed E-state index contributed by atoms with van der Waals surface area (Å²) in [7, 11) is 4.00. The number of hydrogen-bond donors (Lipinski definition) is 1. The molecule has 0 atom stereocenters. The number of aromatic nitrogens is 1. The third kappa shape index (κ3) is 4.21. The molecule has 0 amide bonds. The van der Waals surface area contributed by atoms with Crippen LogP contribution in [-0.4, -0.2) is 55.9 Å². The largest absolute Gasteiger partial charge is 0.737 e. The van der Waals surface area contributed by atoms with Gasteiger partial charge in [0.2, 0.25) is 0 Å². The molecule has 3 aliphatic heterocycles. The second kappa shape index (κ2) is 9.37. The van der Waals surface area contributed by atoms with Gasteiger partial charge < -0.3 is 32.7 Å². The van der Waals surface area contributed by atoms with Gasteiger partial charge in [0, 0.05) is 67.7 Å². The average molecular weight is 517 g/mol. The highest BCUT2D eigenvalue weighted by Gasteiger charge is 2.52. The predicted molar refractivity (Wildman–Crippen MR) is 154 cm³/mol. The molecule has 0 bridgehead atoms. The minimum Gasteiger partial charge on any atom is -0.390 e. The van der Waals surface area contributed by atoms with Crippen LogP contribution in [0.1, 0.15) is 29.1 Å². The van der Waals surface area contributed by atoms with Gasteiger partial charge in [-0.25, -0.2) is 0 Å². The van der Waals surface area contributed by atoms with E-state index in [4.69, 9.17) is 0 Å². The number of benzene rings is 1. The van der Waals surface area contributed by atoms with E-state index in [1.165, 1.54) is 20.9 Å². The van der Waals surface area contributed by atoms with Gasteiger partial charge in [0.05, 0.1) is 16.4 Å². The fraction of sp³-hybridized carbons (Fsp3) is 0.250. The molecule has 1 aromatic carbocycles. The van der Waals surface area contributed by atoms with Gasteiger partial charge in [0.15, 0.2) is 5.70 Å². The molecule has 37 heavy (non-hydrogen) atoms. The van der Waals surface area contributed by atoms with Crippen LogP contribution < -0.4 is 15.1 Å². The van der Waals surface area contributed by atoms with E-state index in [0.29, 0.717) is 17.1 Å². The number of fused-ring (bicyclic) bond motifs is 3. The number of nitrogens with zero attached hydrogens (tertiary/aromatic N) is 4. The second-order valence-corrected chi connectivity index (χ2v) is 10.9. The molecule has 2 aromatic heterocycles. The third-order valence-corrected chi connectivity index (χ3v) is 8.48. The van der Waals surface area contributed by atoms with Crippen molar-refractivity contribution < 1.29 is 13.1 Å². The van der Waals surface area contributed by atoms with E-state index >= 15 is 8.63 Å². The van der Waals surface area contributed by atoms with E-state index in [1.807, 2.05) is 67.6 Å². The van der Waals surface area contributed by atoms with Crippen molar-refractivity contribution in [1.82, 2.24) is 4.48 Å². The average Bonchev–Trinajstić information content (AvgIpc) is 3.65. The summed E-state index contributed by atoms with van der Waals surface area (Å²) in [6, 6.07) is 16.1. The first kappa shape index (κ1) is 23.8. The van der Waals surface area contributed by atoms with E-state index < -0.39 is 6.97 Å². The van der Waals surface area contributed by atoms with Gasteiger partial charge >= 0.3 is 6.97 Å². The molecule has 6 rings (SSSR count). The first-order chi connectivity index (χ1) is 17.9. The zero-order chi connectivity index (χ0) is 25.6. The fourth-order valence-electron chi connectivity index (χ4n) is 5.49. The van der Waals surface area contributed by atoms with Crippen LogP contribution >= 0.6 is 11.3 Å². The molecular formula is C28H30BF2N5S. The summed E-state index contributed by atoms with van der Waals surface area (Å²) in [6.45, 7) is -1.25. The Balaban J connectivity index is 1.27. The van der Waals surface area contributed by atoms with E-state index in [2.05, 4.69) is 28.4 Å². The van der Waals surface area contributed by atoms with Crippen molar-refractivity contribution in [3.63, 3.8) is 0 Å². The van der Waals surface area contributed by atoms with E-state index in [0.717, 1.165) is 53.6 Å². The van der Waals surface area contributed by atoms with Gasteiger partial charge in [-0.1, -0.05) is 12.1 Å². The summed E-state index contributed by atoms with van der Waals surface area (Å²) in [5.41, 5.74) is 5.11. The van der Waals surface area contributed by atoms with E-state index in [-0.39, 0.29) is 0 Å². The summed E-state index contributed by atoms with van der Waals surface area (Å²) in [4.78, 5) is 5.47. The third-order valence-electron chi connectivity index (χ3n) is 7.26. The van der Waals surface area contributed by atoms with Crippen molar-refractivity contribution in [3.05, 3.63) is 82.6 Å². The number of thiophene rings is 1. The fourth-order valence-corrected chi connectivity index (χ4v) is 6.32. The van der Waals surface area contributed by atoms with E-state index in [9.17, 15) is 0 Å². The Kier molecular flexibility index (Phi) is 6.03. The molecule has 9 heteroatoms. The van der Waals surface area contributed by atoms with E-state index in [1.54, 1.807) is 17.4 Å². The lowest BCUT2D eigenvalue weighted by atomic mass is 9.87. The quantitative estimate of drug-likeness (QED) is 0.384. The Morgan fingerprint density at radius 1 is 1.11 bits per heavy atom. The van der Waals surface area contributed by atoms with Crippen molar-refractivity contribution >= 4 is 58.6 Å². The Hall–Kier alpha value is -3.59. The molecule has 190 valence electrons. The Morgan fingerprint density at radius 3 is 2.81 bits per heavy atom. The highest BCUT2D eigenvalue weighted by atomic mass is 32.1. The summed E-state index contributed by atoms with van der Waals surface area (Å²) in [6.07, 6.45) is 10.4. The molecule has 0 fully saturated rings. The van der Waals surface area contributed by atoms with Crippen LogP contribution in [0.3, 0.4) is 0 Å². The highest BCUT2D eigenvalue weighted by Crippen LogP contribution is 2.39. The SMILES string of the molecule is CN(C)c1ccc(/C=C/c2ccc3n2[B-](F)(F)[N+]2=CC=CC2=C3CCCN2CCNc3ccccc32)s1. The number of halogens is 2. The predicted octanol–water partition coefficient (Wildman–Crippen LogP) is 6.10. The molecular weight excluding hydrogens is 487 g/mol. The van der Waals surface area contributed by atoms with Crippen molar-refractivity contribution in [2.75, 3.05) is 48.8 Å². The summed E-state index contributed by atoms with van der Waals surface area (Å²) in [5.74, 6) is 0. The number of para-hydroxylation sites is 2. The van der Waals surface area contributed by atoms with Crippen molar-refractivity contribution in [3.8, 4) is 0 Å². The van der Waals surface area contributed by atoms with Gasteiger partial charge in [0.25, 0.3) is 0 Å². The van der Waals surface area contributed by atoms with Crippen LogP contribution in [0.5, 0.6) is 0 Å². The van der Waals surface area contributed by atoms with Crippen LogP contribution in [0.15, 0.2) is 66.4 Å². The monoisotopic (exact) mass is 517 g/mol. The molecule has 0 aliphatic carbocycles. The van der Waals surface area contributed by atoms with Crippen LogP contribution in [0, 0.1) is 0 Å². The second-order valence-electron chi connectivity index (χ2n) is 9.82. The molecule has 0 saturated heterocycles. The summed E-state index contributed by atoms with van der Waals surface area (Å²) < 4.78 is 34.1. The highest BCUT2D eigenvalue weighted by molar-refractivity contribution is 7.16. The zero-order valence-electron chi connectivity index (χ0n) is 21.1. The standard InChI is InChI=1S/C28H30BF2N5S/c1-33(2)28-16-14-22(37-28)13-11-21-12-15-26-23(25-10-6-19-35(25)29(30,31)36(21)26)7-5-18-34-20-17-32-24-8-3-4-9-27(24)34/h3-4,6,8-16,19,32H,5,7,17-18,20H2,1-2H3/b13-11+. The normalized spacial score (nSPS) is 17.5. The number of rotatable bonds is 7. The first-order valence-electron chi connectivity index (χ1n) is 12.7. The zero-order valence-corrected chi connectivity index (χ0v) is 21.9. The van der Waals surface area contributed by atoms with Crippen molar-refractivity contribution in [1.29, 1.82) is 0 Å². The number of nitrogens with one attached hydrogen (secondary N) is 1. The number of hydrogen-bond acceptors (Lipinski definition) is 4. The maximum atomic E-state index is 15.8. The first-order valence-corrected chi connectivity index (χ1v) is 13.6. The minimum absolute atomic E-state index is 0.521. The van der Waals surface area contributed by atoms with Crippen LogP contribution in [0.4, 0.5) is 25.0 Å². The van der Waals surface area contributed by atoms with Crippen molar-refractivity contribution in [2.24, 2.45) is 0 Å². The van der Waals surface area contributed by atoms with Crippen LogP contribution in [-0.2, 0) is 0 Å². The van der Waals surface area contributed by atoms with Gasteiger partial charge in [-0.05, 0) is 61.4 Å². The summed E-state index contributed by atoms with van der Waals surface area (Å²) in [5, 5.41) is 4.58. The Bertz CT molecular complexity index is 1460. The smallest absolute Gasteiger partial charge is 0.390 e. The van der Waals surface area contributed by atoms with Gasteiger partial charge in [-0.15, -0.1) is 11.3 Å². The number of allylic oxidation sites excluding steroid dienone is 3. The molecule has 0 unspecified atom stereocenters. The molecule has 1 N–H and O–H groups in total. The Labute approximate surface area is 220 Å². The summed E-state index contributed by atoms with van der Waals surface area (Å²) >= 11 is 1.64. The molecule has 0 saturated carbocycles. The maximum Gasteiger partial charge on any atom is 0.737 e. The lowest BCUT2D eigenvalue weighted by molar-refractivity contribution is -0.356. The molecule has 0 radical (unpaired) electrons. The van der Waals surface area contributed by atoms with Crippen LogP contribution in [0.25, 0.3) is 17.7 Å². The van der Waals surface area contributed by atoms with Crippen LogP contribution in [0.2, 0.25) is 0 Å². The Morgan fingerprint density at radius 2 is 1.97 bits per heavy atom. The lowest BCUT2D eigenvalue weighted by Gasteiger charge is -2.33. The molecule has 5 heterocycles. The maximum absolute atomic E-state index is 15.8. The van der Waals surface area contributed by atoms with Gasteiger partial charge in [-0.3, -0.25) is 0 Å². The van der Waals surface area contributed by atoms with Crippen molar-refractivity contribution in [2.45, 2.75) is 12.8 Å².